The fourth-order valence-electron chi connectivity index (χ4n) is 3.46. The molecule has 0 aliphatic carbocycles. The molecule has 0 unspecified atom stereocenters. The molecule has 2 aromatic carbocycles. The van der Waals surface area contributed by atoms with Gasteiger partial charge in [-0.05, 0) is 35.9 Å². The van der Waals surface area contributed by atoms with Gasteiger partial charge in [-0.2, -0.15) is 13.2 Å². The number of nitrogen functional groups attached to an aromatic ring is 1. The number of esters is 1. The number of fused-ring (bicyclic) bond motifs is 2. The molecular weight excluding hydrogens is 389 g/mol. The molecule has 0 radical (unpaired) electrons. The Labute approximate surface area is 162 Å². The number of pyridine rings is 1. The van der Waals surface area contributed by atoms with Crippen molar-refractivity contribution in [1.82, 2.24) is 4.57 Å². The van der Waals surface area contributed by atoms with Crippen molar-refractivity contribution in [3.8, 4) is 11.4 Å². The van der Waals surface area contributed by atoms with Gasteiger partial charge in [-0.25, -0.2) is 4.79 Å². The summed E-state index contributed by atoms with van der Waals surface area (Å²) in [6.45, 7) is 0.474. The highest BCUT2D eigenvalue weighted by Gasteiger charge is 2.32. The zero-order chi connectivity index (χ0) is 20.9. The van der Waals surface area contributed by atoms with Crippen LogP contribution in [0.4, 0.5) is 18.9 Å². The summed E-state index contributed by atoms with van der Waals surface area (Å²) in [5.74, 6) is -0.321. The monoisotopic (exact) mass is 404 g/mol. The van der Waals surface area contributed by atoms with E-state index in [1.165, 1.54) is 0 Å². The average Bonchev–Trinajstić information content (AvgIpc) is 3.14. The number of nitrogens with zero attached hydrogens (tertiary/aromatic N) is 1. The number of carbonyl (C=O) groups is 1. The van der Waals surface area contributed by atoms with E-state index in [2.05, 4.69) is 4.74 Å². The first-order valence-electron chi connectivity index (χ1n) is 8.62. The molecule has 150 valence electrons. The predicted octanol–water partition coefficient (Wildman–Crippen LogP) is 3.31. The first-order valence-corrected chi connectivity index (χ1v) is 8.62. The Morgan fingerprint density at radius 1 is 1.21 bits per heavy atom. The summed E-state index contributed by atoms with van der Waals surface area (Å²) in [6, 6.07) is 7.68. The van der Waals surface area contributed by atoms with Crippen molar-refractivity contribution in [2.24, 2.45) is 0 Å². The van der Waals surface area contributed by atoms with Crippen LogP contribution in [-0.4, -0.2) is 24.3 Å². The number of aromatic nitrogens is 1. The van der Waals surface area contributed by atoms with Crippen LogP contribution in [0.5, 0.6) is 5.75 Å². The topological polar surface area (TPSA) is 83.6 Å². The standard InChI is InChI=1S/C20H15F3N2O4/c1-28-19(27)16-17(24)13-4-2-11(20(21,22)23)9-14(13)25(18(16)26)12-3-5-15-10(8-12)6-7-29-15/h2-5,8-9H,6-7,24H2,1H3. The quantitative estimate of drug-likeness (QED) is 0.663. The summed E-state index contributed by atoms with van der Waals surface area (Å²) >= 11 is 0. The lowest BCUT2D eigenvalue weighted by Crippen LogP contribution is -2.28. The van der Waals surface area contributed by atoms with E-state index in [0.717, 1.165) is 35.4 Å². The number of ether oxygens (including phenoxy) is 2. The smallest absolute Gasteiger partial charge is 0.416 e. The zero-order valence-corrected chi connectivity index (χ0v) is 15.2. The van der Waals surface area contributed by atoms with Gasteiger partial charge < -0.3 is 15.2 Å². The molecule has 1 aromatic heterocycles. The minimum atomic E-state index is -4.61. The van der Waals surface area contributed by atoms with E-state index < -0.39 is 28.8 Å². The Bertz CT molecular complexity index is 1220. The molecule has 0 fully saturated rings. The van der Waals surface area contributed by atoms with E-state index in [1.54, 1.807) is 18.2 Å². The maximum atomic E-state index is 13.3. The van der Waals surface area contributed by atoms with Crippen LogP contribution in [0.25, 0.3) is 16.6 Å². The Balaban J connectivity index is 2.12. The van der Waals surface area contributed by atoms with Crippen LogP contribution in [-0.2, 0) is 17.3 Å². The van der Waals surface area contributed by atoms with Crippen LogP contribution in [0.3, 0.4) is 0 Å². The van der Waals surface area contributed by atoms with Crippen LogP contribution in [0.15, 0.2) is 41.2 Å². The molecule has 1 aliphatic heterocycles. The number of carbonyl (C=O) groups excluding carboxylic acids is 1. The van der Waals surface area contributed by atoms with Crippen LogP contribution in [0, 0.1) is 0 Å². The second-order valence-electron chi connectivity index (χ2n) is 6.54. The lowest BCUT2D eigenvalue weighted by atomic mass is 10.0. The number of hydrogen-bond donors (Lipinski definition) is 1. The highest BCUT2D eigenvalue weighted by Crippen LogP contribution is 2.35. The minimum absolute atomic E-state index is 0.0613. The van der Waals surface area contributed by atoms with E-state index in [4.69, 9.17) is 10.5 Å². The minimum Gasteiger partial charge on any atom is -0.493 e. The van der Waals surface area contributed by atoms with E-state index in [1.807, 2.05) is 0 Å². The van der Waals surface area contributed by atoms with Crippen molar-refractivity contribution in [1.29, 1.82) is 0 Å². The molecule has 2 heterocycles. The van der Waals surface area contributed by atoms with Gasteiger partial charge >= 0.3 is 12.1 Å². The summed E-state index contributed by atoms with van der Waals surface area (Å²) in [4.78, 5) is 25.3. The summed E-state index contributed by atoms with van der Waals surface area (Å²) in [5, 5.41) is 0.134. The Morgan fingerprint density at radius 3 is 2.66 bits per heavy atom. The highest BCUT2D eigenvalue weighted by atomic mass is 19.4. The van der Waals surface area contributed by atoms with E-state index >= 15 is 0 Å². The molecule has 1 aliphatic rings. The number of methoxy groups -OCH3 is 1. The molecule has 2 N–H and O–H groups in total. The molecule has 0 amide bonds. The summed E-state index contributed by atoms with van der Waals surface area (Å²) in [7, 11) is 1.09. The fraction of sp³-hybridized carbons (Fsp3) is 0.200. The number of rotatable bonds is 2. The Morgan fingerprint density at radius 2 is 1.97 bits per heavy atom. The first kappa shape index (κ1) is 18.9. The number of benzene rings is 2. The molecule has 9 heteroatoms. The van der Waals surface area contributed by atoms with Crippen LogP contribution in [0.2, 0.25) is 0 Å². The van der Waals surface area contributed by atoms with Crippen molar-refractivity contribution in [2.75, 3.05) is 19.5 Å². The molecular formula is C20H15F3N2O4. The number of halogens is 3. The second kappa shape index (κ2) is 6.54. The molecule has 0 atom stereocenters. The van der Waals surface area contributed by atoms with E-state index in [-0.39, 0.29) is 16.6 Å². The van der Waals surface area contributed by atoms with Crippen LogP contribution in [0.1, 0.15) is 21.5 Å². The van der Waals surface area contributed by atoms with Crippen LogP contribution < -0.4 is 16.0 Å². The number of nitrogens with two attached hydrogens (primary N) is 1. The molecule has 6 nitrogen and oxygen atoms in total. The van der Waals surface area contributed by atoms with Gasteiger partial charge in [0.15, 0.2) is 0 Å². The Kier molecular flexibility index (Phi) is 4.25. The summed E-state index contributed by atoms with van der Waals surface area (Å²) in [5.41, 5.74) is 4.56. The first-order chi connectivity index (χ1) is 13.7. The van der Waals surface area contributed by atoms with E-state index in [0.29, 0.717) is 24.5 Å². The van der Waals surface area contributed by atoms with Gasteiger partial charge in [0.1, 0.15) is 11.3 Å². The molecule has 0 bridgehead atoms. The number of alkyl halides is 3. The zero-order valence-electron chi connectivity index (χ0n) is 15.2. The van der Waals surface area contributed by atoms with Gasteiger partial charge in [-0.1, -0.05) is 6.07 Å². The molecule has 4 rings (SSSR count). The normalized spacial score (nSPS) is 13.2. The Hall–Kier alpha value is -3.49. The highest BCUT2D eigenvalue weighted by molar-refractivity contribution is 6.04. The van der Waals surface area contributed by atoms with Gasteiger partial charge in [0.05, 0.1) is 30.5 Å². The maximum Gasteiger partial charge on any atom is 0.416 e. The van der Waals surface area contributed by atoms with Gasteiger partial charge in [-0.15, -0.1) is 0 Å². The van der Waals surface area contributed by atoms with Crippen molar-refractivity contribution < 1.29 is 27.4 Å². The molecule has 0 saturated carbocycles. The van der Waals surface area contributed by atoms with Gasteiger partial charge in [0.2, 0.25) is 0 Å². The average molecular weight is 404 g/mol. The maximum absolute atomic E-state index is 13.3. The molecule has 0 spiro atoms. The fourth-order valence-corrected chi connectivity index (χ4v) is 3.46. The third-order valence-corrected chi connectivity index (χ3v) is 4.86. The lowest BCUT2D eigenvalue weighted by molar-refractivity contribution is -0.137. The molecule has 29 heavy (non-hydrogen) atoms. The summed E-state index contributed by atoms with van der Waals surface area (Å²) in [6.07, 6.45) is -4.01. The number of anilines is 1. The molecule has 3 aromatic rings. The van der Waals surface area contributed by atoms with Crippen molar-refractivity contribution in [3.63, 3.8) is 0 Å². The lowest BCUT2D eigenvalue weighted by Gasteiger charge is -2.17. The van der Waals surface area contributed by atoms with Gasteiger partial charge in [-0.3, -0.25) is 9.36 Å². The predicted molar refractivity (Wildman–Crippen MR) is 99.5 cm³/mol. The second-order valence-corrected chi connectivity index (χ2v) is 6.54. The van der Waals surface area contributed by atoms with Crippen molar-refractivity contribution in [3.05, 3.63) is 63.4 Å². The van der Waals surface area contributed by atoms with Crippen molar-refractivity contribution >= 4 is 22.6 Å². The van der Waals surface area contributed by atoms with Gasteiger partial charge in [0.25, 0.3) is 5.56 Å². The SMILES string of the molecule is COC(=O)c1c(N)c2ccc(C(F)(F)F)cc2n(-c2ccc3c(c2)CCO3)c1=O. The van der Waals surface area contributed by atoms with Gasteiger partial charge in [0, 0.05) is 17.5 Å². The van der Waals surface area contributed by atoms with Crippen LogP contribution >= 0.6 is 0 Å². The largest absolute Gasteiger partial charge is 0.493 e. The van der Waals surface area contributed by atoms with E-state index in [9.17, 15) is 22.8 Å². The third kappa shape index (κ3) is 2.98. The number of hydrogen-bond acceptors (Lipinski definition) is 5. The summed E-state index contributed by atoms with van der Waals surface area (Å²) < 4.78 is 51.0. The third-order valence-electron chi connectivity index (χ3n) is 4.86. The molecule has 0 saturated heterocycles. The van der Waals surface area contributed by atoms with Crippen molar-refractivity contribution in [2.45, 2.75) is 12.6 Å².